The van der Waals surface area contributed by atoms with Gasteiger partial charge in [0.25, 0.3) is 17.2 Å². The summed E-state index contributed by atoms with van der Waals surface area (Å²) in [6.07, 6.45) is 0. The lowest BCUT2D eigenvalue weighted by molar-refractivity contribution is -0.384. The molecule has 5 rings (SSSR count). The van der Waals surface area contributed by atoms with Crippen molar-refractivity contribution < 1.29 is 38.4 Å². The van der Waals surface area contributed by atoms with Crippen LogP contribution in [0.5, 0.6) is 5.75 Å². The van der Waals surface area contributed by atoms with Crippen LogP contribution >= 0.6 is 0 Å². The van der Waals surface area contributed by atoms with Gasteiger partial charge in [0.15, 0.2) is 17.5 Å². The highest BCUT2D eigenvalue weighted by molar-refractivity contribution is 6.45. The third kappa shape index (κ3) is 4.90. The normalized spacial score (nSPS) is 12.6. The zero-order chi connectivity index (χ0) is 31.0. The molecule has 1 aliphatic rings. The van der Waals surface area contributed by atoms with Crippen LogP contribution in [0.4, 0.5) is 11.4 Å². The number of methoxy groups -OCH3 is 1. The van der Waals surface area contributed by atoms with E-state index in [2.05, 4.69) is 15.3 Å². The van der Waals surface area contributed by atoms with Gasteiger partial charge in [-0.2, -0.15) is 0 Å². The summed E-state index contributed by atoms with van der Waals surface area (Å²) in [4.78, 5) is 96.2. The van der Waals surface area contributed by atoms with Gasteiger partial charge in [-0.15, -0.1) is 0 Å². The third-order valence-corrected chi connectivity index (χ3v) is 6.71. The third-order valence-electron chi connectivity index (χ3n) is 6.71. The molecule has 1 amide bonds. The highest BCUT2D eigenvalue weighted by Crippen LogP contribution is 2.32. The molecule has 1 atom stereocenters. The molecule has 14 nitrogen and oxygen atoms in total. The second-order valence-corrected chi connectivity index (χ2v) is 9.18. The van der Waals surface area contributed by atoms with Crippen molar-refractivity contribution in [3.63, 3.8) is 0 Å². The minimum Gasteiger partial charge on any atom is -0.496 e. The Bertz CT molecular complexity index is 1960. The van der Waals surface area contributed by atoms with Gasteiger partial charge in [-0.3, -0.25) is 38.9 Å². The smallest absolute Gasteiger partial charge is 0.323 e. The van der Waals surface area contributed by atoms with Crippen LogP contribution in [0.3, 0.4) is 0 Å². The summed E-state index contributed by atoms with van der Waals surface area (Å²) in [7, 11) is 1.28. The molecule has 1 aromatic heterocycles. The number of nitrogens with one attached hydrogen (secondary N) is 2. The number of carbonyl (C=O) groups is 5. The first kappa shape index (κ1) is 28.5. The maximum Gasteiger partial charge on any atom is 0.323 e. The fourth-order valence-corrected chi connectivity index (χ4v) is 4.73. The van der Waals surface area contributed by atoms with Gasteiger partial charge >= 0.3 is 5.97 Å². The van der Waals surface area contributed by atoms with Crippen LogP contribution in [-0.2, 0) is 19.1 Å². The van der Waals surface area contributed by atoms with Crippen molar-refractivity contribution in [3.8, 4) is 5.75 Å². The van der Waals surface area contributed by atoms with Crippen molar-refractivity contribution >= 4 is 51.6 Å². The first-order valence-corrected chi connectivity index (χ1v) is 12.7. The molecular weight excluding hydrogens is 564 g/mol. The number of ether oxygens (including phenoxy) is 2. The molecule has 4 aromatic rings. The summed E-state index contributed by atoms with van der Waals surface area (Å²) >= 11 is 0. The van der Waals surface area contributed by atoms with Gasteiger partial charge in [-0.25, -0.2) is 4.98 Å². The summed E-state index contributed by atoms with van der Waals surface area (Å²) < 4.78 is 9.89. The predicted molar refractivity (Wildman–Crippen MR) is 148 cm³/mol. The Kier molecular flexibility index (Phi) is 7.34. The van der Waals surface area contributed by atoms with E-state index in [1.165, 1.54) is 44.4 Å². The number of benzene rings is 3. The van der Waals surface area contributed by atoms with E-state index >= 15 is 0 Å². The number of carbonyl (C=O) groups excluding carboxylic acids is 5. The molecule has 2 N–H and O–H groups in total. The lowest BCUT2D eigenvalue weighted by atomic mass is 9.83. The molecule has 3 aromatic carbocycles. The fourth-order valence-electron chi connectivity index (χ4n) is 4.73. The van der Waals surface area contributed by atoms with Gasteiger partial charge in [0.1, 0.15) is 17.1 Å². The number of nitro groups is 1. The Morgan fingerprint density at radius 1 is 1.00 bits per heavy atom. The van der Waals surface area contributed by atoms with Gasteiger partial charge in [0.2, 0.25) is 5.78 Å². The van der Waals surface area contributed by atoms with E-state index in [4.69, 9.17) is 9.47 Å². The maximum atomic E-state index is 13.3. The van der Waals surface area contributed by atoms with Crippen LogP contribution in [0.15, 0.2) is 59.4 Å². The topological polar surface area (TPSA) is 205 Å². The molecule has 0 saturated carbocycles. The van der Waals surface area contributed by atoms with Crippen LogP contribution in [0.25, 0.3) is 11.0 Å². The number of aromatic nitrogens is 2. The molecule has 0 saturated heterocycles. The molecule has 0 spiro atoms. The van der Waals surface area contributed by atoms with Crippen LogP contribution in [0.2, 0.25) is 0 Å². The Morgan fingerprint density at radius 3 is 2.35 bits per heavy atom. The SMILES string of the molecule is CCOC(=O)[C@@H](C(=O)C(=O)Nc1ccc(OC)cc1[N+](=O)[O-])c1nc2ccc3c(c2[nH]c1=O)C(=O)c1ccccc1C3=O. The van der Waals surface area contributed by atoms with Crippen LogP contribution in [-0.4, -0.2) is 57.8 Å². The number of amides is 1. The largest absolute Gasteiger partial charge is 0.496 e. The molecule has 0 aliphatic heterocycles. The molecule has 43 heavy (non-hydrogen) atoms. The number of anilines is 1. The number of hydrogen-bond donors (Lipinski definition) is 2. The van der Waals surface area contributed by atoms with Crippen molar-refractivity contribution in [2.24, 2.45) is 0 Å². The number of fused-ring (bicyclic) bond motifs is 4. The summed E-state index contributed by atoms with van der Waals surface area (Å²) in [5.41, 5.74) is -2.71. The molecule has 0 bridgehead atoms. The Labute approximate surface area is 240 Å². The van der Waals surface area contributed by atoms with Crippen molar-refractivity contribution in [2.75, 3.05) is 19.0 Å². The molecule has 14 heteroatoms. The zero-order valence-electron chi connectivity index (χ0n) is 22.5. The molecular formula is C29H20N4O10. The van der Waals surface area contributed by atoms with E-state index in [-0.39, 0.29) is 51.3 Å². The number of rotatable bonds is 8. The number of esters is 1. The second-order valence-electron chi connectivity index (χ2n) is 9.18. The fraction of sp³-hybridized carbons (Fsp3) is 0.138. The average molecular weight is 584 g/mol. The first-order chi connectivity index (χ1) is 20.6. The van der Waals surface area contributed by atoms with E-state index in [1.807, 2.05) is 0 Å². The maximum absolute atomic E-state index is 13.3. The number of nitro benzene ring substituents is 1. The lowest BCUT2D eigenvalue weighted by Gasteiger charge is -2.19. The molecule has 1 aliphatic carbocycles. The van der Waals surface area contributed by atoms with Crippen molar-refractivity contribution in [3.05, 3.63) is 103 Å². The predicted octanol–water partition coefficient (Wildman–Crippen LogP) is 2.47. The van der Waals surface area contributed by atoms with E-state index < -0.39 is 57.0 Å². The highest BCUT2D eigenvalue weighted by Gasteiger charge is 2.39. The van der Waals surface area contributed by atoms with E-state index in [1.54, 1.807) is 12.1 Å². The van der Waals surface area contributed by atoms with Gasteiger partial charge in [-0.05, 0) is 31.2 Å². The number of ketones is 3. The quantitative estimate of drug-likeness (QED) is 0.0891. The van der Waals surface area contributed by atoms with Gasteiger partial charge in [-0.1, -0.05) is 24.3 Å². The molecule has 0 unspecified atom stereocenters. The van der Waals surface area contributed by atoms with Gasteiger partial charge < -0.3 is 19.8 Å². The molecule has 216 valence electrons. The number of hydrogen-bond acceptors (Lipinski definition) is 11. The number of nitrogens with zero attached hydrogens (tertiary/aromatic N) is 2. The number of H-pyrrole nitrogens is 1. The van der Waals surface area contributed by atoms with Crippen molar-refractivity contribution in [1.82, 2.24) is 9.97 Å². The first-order valence-electron chi connectivity index (χ1n) is 12.7. The summed E-state index contributed by atoms with van der Waals surface area (Å²) in [6, 6.07) is 12.3. The van der Waals surface area contributed by atoms with E-state index in [9.17, 15) is 38.9 Å². The van der Waals surface area contributed by atoms with Gasteiger partial charge in [0.05, 0.1) is 41.3 Å². The summed E-state index contributed by atoms with van der Waals surface area (Å²) in [5, 5.41) is 13.6. The summed E-state index contributed by atoms with van der Waals surface area (Å²) in [6.45, 7) is 1.22. The molecule has 1 heterocycles. The highest BCUT2D eigenvalue weighted by atomic mass is 16.6. The van der Waals surface area contributed by atoms with Crippen molar-refractivity contribution in [1.29, 1.82) is 0 Å². The molecule has 0 fully saturated rings. The second kappa shape index (κ2) is 11.1. The van der Waals surface area contributed by atoms with E-state index in [0.717, 1.165) is 12.1 Å². The van der Waals surface area contributed by atoms with E-state index in [0.29, 0.717) is 0 Å². The number of Topliss-reactive ketones (excluding diaryl/α,β-unsaturated/α-hetero) is 1. The molecule has 0 radical (unpaired) electrons. The van der Waals surface area contributed by atoms with Crippen LogP contribution in [0, 0.1) is 10.1 Å². The minimum atomic E-state index is -2.17. The standard InChI is InChI=1S/C29H20N4O10/c1-3-43-29(39)21(26(36)28(38)31-17-10-8-13(42-2)12-19(17)33(40)41)23-27(37)32-22-18(30-23)11-9-16-20(22)25(35)15-7-5-4-6-14(15)24(16)34/h4-12,21H,3H2,1-2H3,(H,31,38)(H,32,37)/t21-/m1/s1. The minimum absolute atomic E-state index is 0.0277. The Morgan fingerprint density at radius 2 is 1.70 bits per heavy atom. The zero-order valence-corrected chi connectivity index (χ0v) is 22.5. The number of aromatic amines is 1. The lowest BCUT2D eigenvalue weighted by Crippen LogP contribution is -2.37. The Hall–Kier alpha value is -6.05. The van der Waals surface area contributed by atoms with Crippen LogP contribution < -0.4 is 15.6 Å². The van der Waals surface area contributed by atoms with Gasteiger partial charge in [0, 0.05) is 16.7 Å². The van der Waals surface area contributed by atoms with Crippen LogP contribution in [0.1, 0.15) is 50.4 Å². The monoisotopic (exact) mass is 584 g/mol. The van der Waals surface area contributed by atoms with Crippen molar-refractivity contribution in [2.45, 2.75) is 12.8 Å². The Balaban J connectivity index is 1.58. The summed E-state index contributed by atoms with van der Waals surface area (Å²) in [5.74, 6) is -7.27. The average Bonchev–Trinajstić information content (AvgIpc) is 3.00.